The minimum absolute atomic E-state index is 0.0425. The molecule has 2 aliphatic rings. The molecule has 5 nitrogen and oxygen atoms in total. The molecule has 6 heteroatoms. The lowest BCUT2D eigenvalue weighted by atomic mass is 9.98. The standard InChI is InChI=1S/C20H27ClN2O3/c1-19(2)12-20(19,26)18(25)23-9-3-4-16(23)17(24)8-6-13-10-15(21)7-5-14(13)11-22/h5,7,10,16,26H,3-4,6,8-9,11-12,22H2,1-2H3/t16-,20-/m0/s1. The normalized spacial score (nSPS) is 26.8. The summed E-state index contributed by atoms with van der Waals surface area (Å²) in [5, 5.41) is 11.2. The summed E-state index contributed by atoms with van der Waals surface area (Å²) < 4.78 is 0. The third-order valence-corrected chi connectivity index (χ3v) is 6.20. The summed E-state index contributed by atoms with van der Waals surface area (Å²) in [7, 11) is 0. The molecule has 1 aliphatic heterocycles. The third-order valence-electron chi connectivity index (χ3n) is 5.96. The number of nitrogens with zero attached hydrogens (tertiary/aromatic N) is 1. The van der Waals surface area contributed by atoms with Crippen LogP contribution in [-0.4, -0.2) is 39.9 Å². The topological polar surface area (TPSA) is 83.6 Å². The van der Waals surface area contributed by atoms with Crippen LogP contribution < -0.4 is 5.73 Å². The molecule has 2 fully saturated rings. The first-order valence-corrected chi connectivity index (χ1v) is 9.61. The van der Waals surface area contributed by atoms with Gasteiger partial charge in [-0.15, -0.1) is 0 Å². The van der Waals surface area contributed by atoms with Crippen LogP contribution in [0.15, 0.2) is 18.2 Å². The average molecular weight is 379 g/mol. The summed E-state index contributed by atoms with van der Waals surface area (Å²) >= 11 is 6.06. The number of aliphatic hydroxyl groups is 1. The Morgan fingerprint density at radius 3 is 2.65 bits per heavy atom. The second-order valence-electron chi connectivity index (χ2n) is 8.16. The van der Waals surface area contributed by atoms with Gasteiger partial charge in [-0.1, -0.05) is 31.5 Å². The molecule has 0 unspecified atom stereocenters. The van der Waals surface area contributed by atoms with Crippen molar-refractivity contribution in [1.82, 2.24) is 4.90 Å². The molecule has 1 aliphatic carbocycles. The lowest BCUT2D eigenvalue weighted by Crippen LogP contribution is -2.48. The number of likely N-dealkylation sites (tertiary alicyclic amines) is 1. The van der Waals surface area contributed by atoms with Crippen molar-refractivity contribution in [3.8, 4) is 0 Å². The summed E-state index contributed by atoms with van der Waals surface area (Å²) in [6.45, 7) is 4.70. The van der Waals surface area contributed by atoms with E-state index in [-0.39, 0.29) is 11.7 Å². The molecule has 1 saturated carbocycles. The highest BCUT2D eigenvalue weighted by Crippen LogP contribution is 2.56. The molecule has 1 heterocycles. The van der Waals surface area contributed by atoms with Gasteiger partial charge in [0.05, 0.1) is 6.04 Å². The van der Waals surface area contributed by atoms with Crippen LogP contribution in [0, 0.1) is 5.41 Å². The van der Waals surface area contributed by atoms with Gasteiger partial charge in [0.15, 0.2) is 5.78 Å². The summed E-state index contributed by atoms with van der Waals surface area (Å²) in [4.78, 5) is 27.2. The average Bonchev–Trinajstić information content (AvgIpc) is 2.95. The van der Waals surface area contributed by atoms with Crippen LogP contribution in [0.4, 0.5) is 0 Å². The van der Waals surface area contributed by atoms with Crippen molar-refractivity contribution in [3.05, 3.63) is 34.3 Å². The maximum atomic E-state index is 12.8. The van der Waals surface area contributed by atoms with Crippen molar-refractivity contribution in [2.75, 3.05) is 6.54 Å². The Kier molecular flexibility index (Phi) is 5.17. The minimum atomic E-state index is -1.31. The van der Waals surface area contributed by atoms with E-state index in [1.54, 1.807) is 11.0 Å². The van der Waals surface area contributed by atoms with Gasteiger partial charge in [-0.05, 0) is 48.9 Å². The lowest BCUT2D eigenvalue weighted by Gasteiger charge is -2.27. The molecule has 3 N–H and O–H groups in total. The van der Waals surface area contributed by atoms with Gasteiger partial charge in [0.25, 0.3) is 5.91 Å². The molecule has 0 bridgehead atoms. The number of amides is 1. The molecule has 142 valence electrons. The number of nitrogens with two attached hydrogens (primary N) is 1. The highest BCUT2D eigenvalue weighted by Gasteiger charge is 2.67. The molecule has 26 heavy (non-hydrogen) atoms. The van der Waals surface area contributed by atoms with E-state index in [1.807, 2.05) is 26.0 Å². The second kappa shape index (κ2) is 6.95. The second-order valence-corrected chi connectivity index (χ2v) is 8.60. The monoisotopic (exact) mass is 378 g/mol. The number of benzene rings is 1. The van der Waals surface area contributed by atoms with Gasteiger partial charge in [0, 0.05) is 29.9 Å². The van der Waals surface area contributed by atoms with Crippen molar-refractivity contribution < 1.29 is 14.7 Å². The van der Waals surface area contributed by atoms with Crippen LogP contribution in [0.5, 0.6) is 0 Å². The Balaban J connectivity index is 1.66. The van der Waals surface area contributed by atoms with Crippen LogP contribution in [-0.2, 0) is 22.6 Å². The van der Waals surface area contributed by atoms with Gasteiger partial charge in [-0.25, -0.2) is 0 Å². The highest BCUT2D eigenvalue weighted by atomic mass is 35.5. The highest BCUT2D eigenvalue weighted by molar-refractivity contribution is 6.30. The molecule has 0 radical (unpaired) electrons. The van der Waals surface area contributed by atoms with Gasteiger partial charge in [0.1, 0.15) is 5.60 Å². The number of aryl methyl sites for hydroxylation is 1. The molecule has 1 amide bonds. The molecular formula is C20H27ClN2O3. The fourth-order valence-corrected chi connectivity index (χ4v) is 4.19. The van der Waals surface area contributed by atoms with E-state index in [0.717, 1.165) is 17.5 Å². The van der Waals surface area contributed by atoms with E-state index < -0.39 is 17.1 Å². The Labute approximate surface area is 159 Å². The maximum Gasteiger partial charge on any atom is 0.255 e. The smallest absolute Gasteiger partial charge is 0.255 e. The predicted octanol–water partition coefficient (Wildman–Crippen LogP) is 2.45. The van der Waals surface area contributed by atoms with E-state index in [4.69, 9.17) is 17.3 Å². The Morgan fingerprint density at radius 1 is 1.35 bits per heavy atom. The number of Topliss-reactive ketones (excluding diaryl/α,β-unsaturated/α-hetero) is 1. The largest absolute Gasteiger partial charge is 0.379 e. The summed E-state index contributed by atoms with van der Waals surface area (Å²) in [5.74, 6) is -0.246. The molecule has 1 saturated heterocycles. The Bertz CT molecular complexity index is 734. The van der Waals surface area contributed by atoms with Crippen molar-refractivity contribution >= 4 is 23.3 Å². The van der Waals surface area contributed by atoms with Crippen molar-refractivity contribution in [2.45, 2.75) is 64.1 Å². The maximum absolute atomic E-state index is 12.8. The Hall–Kier alpha value is -1.43. The number of halogens is 1. The van der Waals surface area contributed by atoms with Crippen LogP contribution >= 0.6 is 11.6 Å². The summed E-state index contributed by atoms with van der Waals surface area (Å²) in [6, 6.07) is 5.11. The number of rotatable bonds is 6. The van der Waals surface area contributed by atoms with Crippen LogP contribution in [0.1, 0.15) is 50.7 Å². The fourth-order valence-electron chi connectivity index (χ4n) is 3.99. The Morgan fingerprint density at radius 2 is 2.04 bits per heavy atom. The van der Waals surface area contributed by atoms with Crippen molar-refractivity contribution in [3.63, 3.8) is 0 Å². The van der Waals surface area contributed by atoms with Gasteiger partial charge >= 0.3 is 0 Å². The number of ketones is 1. The quantitative estimate of drug-likeness (QED) is 0.796. The van der Waals surface area contributed by atoms with E-state index in [9.17, 15) is 14.7 Å². The molecular weight excluding hydrogens is 352 g/mol. The van der Waals surface area contributed by atoms with Gasteiger partial charge in [-0.2, -0.15) is 0 Å². The molecule has 1 aromatic rings. The summed E-state index contributed by atoms with van der Waals surface area (Å²) in [6.07, 6.45) is 2.81. The number of carbonyl (C=O) groups is 2. The number of hydrogen-bond donors (Lipinski definition) is 2. The number of carbonyl (C=O) groups excluding carboxylic acids is 2. The third kappa shape index (κ3) is 3.40. The zero-order chi connectivity index (χ0) is 19.1. The first-order valence-electron chi connectivity index (χ1n) is 9.23. The van der Waals surface area contributed by atoms with Crippen molar-refractivity contribution in [2.24, 2.45) is 11.1 Å². The summed E-state index contributed by atoms with van der Waals surface area (Å²) in [5.41, 5.74) is 6.01. The van der Waals surface area contributed by atoms with Crippen LogP contribution in [0.2, 0.25) is 5.02 Å². The van der Waals surface area contributed by atoms with Crippen LogP contribution in [0.25, 0.3) is 0 Å². The fraction of sp³-hybridized carbons (Fsp3) is 0.600. The molecule has 2 atom stereocenters. The zero-order valence-electron chi connectivity index (χ0n) is 15.4. The van der Waals surface area contributed by atoms with Crippen molar-refractivity contribution in [1.29, 1.82) is 0 Å². The van der Waals surface area contributed by atoms with Gasteiger partial charge in [0.2, 0.25) is 0 Å². The van der Waals surface area contributed by atoms with E-state index >= 15 is 0 Å². The molecule has 0 spiro atoms. The molecule has 1 aromatic carbocycles. The SMILES string of the molecule is CC1(C)C[C@]1(O)C(=O)N1CCC[C@H]1C(=O)CCc1cc(Cl)ccc1CN. The lowest BCUT2D eigenvalue weighted by molar-refractivity contribution is -0.148. The molecule has 0 aromatic heterocycles. The predicted molar refractivity (Wildman–Crippen MR) is 101 cm³/mol. The zero-order valence-corrected chi connectivity index (χ0v) is 16.2. The minimum Gasteiger partial charge on any atom is -0.379 e. The number of hydrogen-bond acceptors (Lipinski definition) is 4. The van der Waals surface area contributed by atoms with E-state index in [1.165, 1.54) is 0 Å². The molecule has 3 rings (SSSR count). The van der Waals surface area contributed by atoms with Gasteiger partial charge in [-0.3, -0.25) is 9.59 Å². The van der Waals surface area contributed by atoms with E-state index in [2.05, 4.69) is 0 Å². The van der Waals surface area contributed by atoms with E-state index in [0.29, 0.717) is 43.8 Å². The first-order chi connectivity index (χ1) is 12.2. The van der Waals surface area contributed by atoms with Crippen LogP contribution in [0.3, 0.4) is 0 Å². The first kappa shape index (κ1) is 19.3. The van der Waals surface area contributed by atoms with Gasteiger partial charge < -0.3 is 15.7 Å².